The quantitative estimate of drug-likeness (QED) is 0.310. The van der Waals surface area contributed by atoms with E-state index >= 15 is 0 Å². The van der Waals surface area contributed by atoms with Crippen LogP contribution in [-0.2, 0) is 14.3 Å². The summed E-state index contributed by atoms with van der Waals surface area (Å²) in [5.74, 6) is -0.308. The van der Waals surface area contributed by atoms with Gasteiger partial charge < -0.3 is 19.6 Å². The number of carbonyl (C=O) groups is 3. The molecule has 0 saturated heterocycles. The van der Waals surface area contributed by atoms with E-state index in [2.05, 4.69) is 49.6 Å². The van der Waals surface area contributed by atoms with Gasteiger partial charge in [-0.1, -0.05) is 30.0 Å². The number of anilines is 1. The van der Waals surface area contributed by atoms with Crippen LogP contribution in [0.2, 0.25) is 0 Å². The Morgan fingerprint density at radius 2 is 1.59 bits per heavy atom. The van der Waals surface area contributed by atoms with Gasteiger partial charge >= 0.3 is 5.97 Å². The van der Waals surface area contributed by atoms with Crippen molar-refractivity contribution >= 4 is 58.9 Å². The first-order chi connectivity index (χ1) is 18.1. The van der Waals surface area contributed by atoms with Gasteiger partial charge in [0.15, 0.2) is 0 Å². The third-order valence-corrected chi connectivity index (χ3v) is 6.25. The van der Waals surface area contributed by atoms with Crippen molar-refractivity contribution in [3.05, 3.63) is 84.1 Å². The van der Waals surface area contributed by atoms with E-state index in [9.17, 15) is 4.79 Å². The monoisotopic (exact) mass is 518 g/mol. The molecule has 0 amide bonds. The van der Waals surface area contributed by atoms with Gasteiger partial charge in [-0.2, -0.15) is 0 Å². The normalized spacial score (nSPS) is 9.59. The van der Waals surface area contributed by atoms with Crippen LogP contribution in [0, 0.1) is 6.92 Å². The number of pyridine rings is 1. The van der Waals surface area contributed by atoms with E-state index in [-0.39, 0.29) is 5.97 Å². The summed E-state index contributed by atoms with van der Waals surface area (Å²) in [6.07, 6.45) is 1.82. The molecule has 0 atom stereocenters. The first-order valence-corrected chi connectivity index (χ1v) is 11.6. The number of esters is 1. The lowest BCUT2D eigenvalue weighted by Crippen LogP contribution is -2.00. The summed E-state index contributed by atoms with van der Waals surface area (Å²) in [5, 5.41) is 11.9. The number of ether oxygens (including phenoxy) is 1. The van der Waals surface area contributed by atoms with E-state index in [1.54, 1.807) is 23.9 Å². The van der Waals surface area contributed by atoms with Gasteiger partial charge in [-0.05, 0) is 71.3 Å². The maximum Gasteiger partial charge on any atom is 0.337 e. The summed E-state index contributed by atoms with van der Waals surface area (Å²) >= 11 is 1.69. The Kier molecular flexibility index (Phi) is 11.4. The first-order valence-electron chi connectivity index (χ1n) is 10.8. The number of benzene rings is 3. The summed E-state index contributed by atoms with van der Waals surface area (Å²) in [6.45, 7) is 6.04. The number of carbonyl (C=O) groups excluding carboxylic acids is 3. The molecule has 5 aromatic rings. The Hall–Kier alpha value is -4.57. The third kappa shape index (κ3) is 7.21. The first kappa shape index (κ1) is 28.7. The molecule has 10 heteroatoms. The van der Waals surface area contributed by atoms with E-state index in [4.69, 9.17) is 14.2 Å². The maximum atomic E-state index is 11.0. The highest BCUT2D eigenvalue weighted by atomic mass is 32.2. The smallest absolute Gasteiger partial charge is 0.337 e. The molecule has 1 N–H and O–H groups in total. The molecule has 5 rings (SSSR count). The Morgan fingerprint density at radius 3 is 2.27 bits per heavy atom. The highest BCUT2D eigenvalue weighted by Gasteiger charge is 2.11. The molecule has 0 unspecified atom stereocenters. The molecule has 3 aromatic carbocycles. The Morgan fingerprint density at radius 1 is 0.892 bits per heavy atom. The van der Waals surface area contributed by atoms with Crippen LogP contribution in [0.4, 0.5) is 5.69 Å². The number of para-hydroxylation sites is 1. The Balaban J connectivity index is 0.000000258. The van der Waals surface area contributed by atoms with Gasteiger partial charge in [-0.25, -0.2) is 9.42 Å². The molecule has 2 aromatic heterocycles. The molecule has 0 fully saturated rings. The molecule has 0 spiro atoms. The number of fused-ring (bicyclic) bond motifs is 2. The van der Waals surface area contributed by atoms with Gasteiger partial charge in [-0.3, -0.25) is 4.98 Å². The SMILES string of the molecule is C=O.C=O.CNc1ccc(C(=O)OC)cc1.Cc1c(Sc2cccc3cccnc23)ccc2nonc12. The zero-order chi connectivity index (χ0) is 27.2. The molecule has 9 nitrogen and oxygen atoms in total. The summed E-state index contributed by atoms with van der Waals surface area (Å²) in [6, 6.07) is 21.3. The minimum Gasteiger partial charge on any atom is -0.465 e. The molecule has 0 aliphatic heterocycles. The molecule has 2 heterocycles. The summed E-state index contributed by atoms with van der Waals surface area (Å²) < 4.78 is 9.35. The molecule has 0 saturated carbocycles. The van der Waals surface area contributed by atoms with Crippen LogP contribution in [0.25, 0.3) is 21.9 Å². The molecular formula is C27H26N4O5S. The molecule has 0 radical (unpaired) electrons. The standard InChI is InChI=1S/C16H11N3OS.C9H11NO2.2CH2O/c1-10-13(8-7-12-15(10)19-20-18-12)21-14-6-2-4-11-5-3-9-17-16(11)14;1-10-8-5-3-7(4-6-8)9(11)12-2;2*1-2/h2-9H,1H3;3-6,10H,1-2H3;2*1H2. The summed E-state index contributed by atoms with van der Waals surface area (Å²) in [5.41, 5.74) is 5.23. The number of aromatic nitrogens is 3. The van der Waals surface area contributed by atoms with E-state index in [0.717, 1.165) is 43.0 Å². The molecule has 37 heavy (non-hydrogen) atoms. The van der Waals surface area contributed by atoms with Crippen LogP contribution in [0.3, 0.4) is 0 Å². The number of hydrogen-bond donors (Lipinski definition) is 1. The van der Waals surface area contributed by atoms with Crippen molar-refractivity contribution in [2.24, 2.45) is 0 Å². The van der Waals surface area contributed by atoms with Crippen LogP contribution < -0.4 is 5.32 Å². The number of hydrogen-bond acceptors (Lipinski definition) is 10. The Bertz CT molecular complexity index is 1430. The number of nitrogens with zero attached hydrogens (tertiary/aromatic N) is 3. The lowest BCUT2D eigenvalue weighted by atomic mass is 10.2. The second-order valence-electron chi connectivity index (χ2n) is 7.07. The van der Waals surface area contributed by atoms with E-state index < -0.39 is 0 Å². The number of aryl methyl sites for hydroxylation is 1. The van der Waals surface area contributed by atoms with Crippen LogP contribution >= 0.6 is 11.8 Å². The highest BCUT2D eigenvalue weighted by Crippen LogP contribution is 2.36. The largest absolute Gasteiger partial charge is 0.465 e. The predicted octanol–water partition coefficient (Wildman–Crippen LogP) is 5.38. The van der Waals surface area contributed by atoms with Crippen molar-refractivity contribution in [2.45, 2.75) is 16.7 Å². The zero-order valence-corrected chi connectivity index (χ0v) is 21.5. The van der Waals surface area contributed by atoms with Crippen molar-refractivity contribution in [3.8, 4) is 0 Å². The van der Waals surface area contributed by atoms with Crippen molar-refractivity contribution in [2.75, 3.05) is 19.5 Å². The fraction of sp³-hybridized carbons (Fsp3) is 0.111. The van der Waals surface area contributed by atoms with Crippen LogP contribution in [0.15, 0.2) is 87.3 Å². The second-order valence-corrected chi connectivity index (χ2v) is 8.16. The topological polar surface area (TPSA) is 124 Å². The van der Waals surface area contributed by atoms with Crippen molar-refractivity contribution < 1.29 is 23.7 Å². The van der Waals surface area contributed by atoms with E-state index in [1.807, 2.05) is 64.1 Å². The van der Waals surface area contributed by atoms with Gasteiger partial charge in [0.25, 0.3) is 0 Å². The van der Waals surface area contributed by atoms with E-state index in [1.165, 1.54) is 7.11 Å². The highest BCUT2D eigenvalue weighted by molar-refractivity contribution is 7.99. The molecule has 0 aliphatic rings. The number of rotatable bonds is 4. The molecule has 190 valence electrons. The lowest BCUT2D eigenvalue weighted by molar-refractivity contribution is -0.0987. The minimum absolute atomic E-state index is 0.308. The van der Waals surface area contributed by atoms with Gasteiger partial charge in [0.1, 0.15) is 24.6 Å². The number of nitrogens with one attached hydrogen (secondary N) is 1. The summed E-state index contributed by atoms with van der Waals surface area (Å²) in [4.78, 5) is 33.7. The van der Waals surface area contributed by atoms with Gasteiger partial charge in [-0.15, -0.1) is 0 Å². The average Bonchev–Trinajstić information content (AvgIpc) is 3.47. The lowest BCUT2D eigenvalue weighted by Gasteiger charge is -2.07. The van der Waals surface area contributed by atoms with Crippen LogP contribution in [0.5, 0.6) is 0 Å². The molecular weight excluding hydrogens is 492 g/mol. The summed E-state index contributed by atoms with van der Waals surface area (Å²) in [7, 11) is 3.20. The van der Waals surface area contributed by atoms with E-state index in [0.29, 0.717) is 5.56 Å². The van der Waals surface area contributed by atoms with Crippen LogP contribution in [-0.4, -0.2) is 49.0 Å². The number of methoxy groups -OCH3 is 1. The van der Waals surface area contributed by atoms with Crippen LogP contribution in [0.1, 0.15) is 15.9 Å². The third-order valence-electron chi connectivity index (χ3n) is 5.04. The van der Waals surface area contributed by atoms with Crippen molar-refractivity contribution in [1.29, 1.82) is 0 Å². The van der Waals surface area contributed by atoms with Crippen molar-refractivity contribution in [3.63, 3.8) is 0 Å². The predicted molar refractivity (Wildman–Crippen MR) is 144 cm³/mol. The van der Waals surface area contributed by atoms with Crippen molar-refractivity contribution in [1.82, 2.24) is 15.3 Å². The second kappa shape index (κ2) is 14.7. The molecule has 0 aliphatic carbocycles. The zero-order valence-electron chi connectivity index (χ0n) is 20.6. The van der Waals surface area contributed by atoms with Gasteiger partial charge in [0, 0.05) is 34.1 Å². The minimum atomic E-state index is -0.308. The average molecular weight is 519 g/mol. The fourth-order valence-electron chi connectivity index (χ4n) is 3.24. The maximum absolute atomic E-state index is 11.0. The molecule has 0 bridgehead atoms. The van der Waals surface area contributed by atoms with Gasteiger partial charge in [0.2, 0.25) is 0 Å². The Labute approximate surface area is 218 Å². The fourth-order valence-corrected chi connectivity index (χ4v) is 4.28. The van der Waals surface area contributed by atoms with Gasteiger partial charge in [0.05, 0.1) is 18.2 Å².